The van der Waals surface area contributed by atoms with E-state index in [0.717, 1.165) is 38.9 Å². The van der Waals surface area contributed by atoms with E-state index in [2.05, 4.69) is 6.07 Å². The number of aryl methyl sites for hydroxylation is 1. The van der Waals surface area contributed by atoms with E-state index in [0.29, 0.717) is 16.7 Å². The lowest BCUT2D eigenvalue weighted by Crippen LogP contribution is -2.19. The van der Waals surface area contributed by atoms with E-state index < -0.39 is 11.8 Å². The first-order chi connectivity index (χ1) is 12.4. The molecule has 4 rings (SSSR count). The predicted octanol–water partition coefficient (Wildman–Crippen LogP) is 3.82. The van der Waals surface area contributed by atoms with E-state index in [4.69, 9.17) is 11.5 Å². The summed E-state index contributed by atoms with van der Waals surface area (Å²) >= 11 is 0. The Bertz CT molecular complexity index is 1110. The summed E-state index contributed by atoms with van der Waals surface area (Å²) in [6.45, 7) is 4.08. The molecule has 2 amide bonds. The second kappa shape index (κ2) is 5.56. The molecule has 26 heavy (non-hydrogen) atoms. The Morgan fingerprint density at radius 2 is 1.46 bits per heavy atom. The van der Waals surface area contributed by atoms with Gasteiger partial charge in [-0.15, -0.1) is 0 Å². The van der Waals surface area contributed by atoms with E-state index in [-0.39, 0.29) is 0 Å². The van der Waals surface area contributed by atoms with Crippen molar-refractivity contribution in [3.63, 3.8) is 0 Å². The van der Waals surface area contributed by atoms with Crippen LogP contribution in [0.2, 0.25) is 0 Å². The standard InChI is InChI=1S/C22H18N2O2/c1-11-6-7-13-10-18(11)15-5-3-4-14(12(15)2)16-8-9-17(21(23)25)19(13)20(16)22(24)26/h3-10H,1-2H3,(H2,23,25)(H2,24,26). The van der Waals surface area contributed by atoms with E-state index in [1.54, 1.807) is 12.1 Å². The van der Waals surface area contributed by atoms with Crippen molar-refractivity contribution in [3.8, 4) is 33.4 Å². The minimum atomic E-state index is -0.584. The number of hydrogen-bond acceptors (Lipinski definition) is 2. The molecule has 0 heterocycles. The molecule has 0 fully saturated rings. The van der Waals surface area contributed by atoms with Crippen LogP contribution in [0.5, 0.6) is 0 Å². The SMILES string of the molecule is Cc1ccc2cc1-c1cccc(c1C)-c1ccc(C(N)=O)c-2c1C(N)=O. The van der Waals surface area contributed by atoms with Crippen LogP contribution in [-0.2, 0) is 0 Å². The van der Waals surface area contributed by atoms with Crippen molar-refractivity contribution in [2.45, 2.75) is 13.8 Å². The third kappa shape index (κ3) is 2.15. The minimum absolute atomic E-state index is 0.296. The zero-order chi connectivity index (χ0) is 18.6. The third-order valence-electron chi connectivity index (χ3n) is 5.16. The minimum Gasteiger partial charge on any atom is -0.366 e. The highest BCUT2D eigenvalue weighted by Crippen LogP contribution is 2.42. The van der Waals surface area contributed by atoms with Gasteiger partial charge in [-0.05, 0) is 64.9 Å². The second-order valence-electron chi connectivity index (χ2n) is 6.65. The summed E-state index contributed by atoms with van der Waals surface area (Å²) in [6.07, 6.45) is 0. The van der Waals surface area contributed by atoms with Crippen molar-refractivity contribution in [2.24, 2.45) is 11.5 Å². The second-order valence-corrected chi connectivity index (χ2v) is 6.65. The Balaban J connectivity index is 2.30. The van der Waals surface area contributed by atoms with Gasteiger partial charge >= 0.3 is 0 Å². The highest BCUT2D eigenvalue weighted by atomic mass is 16.1. The van der Waals surface area contributed by atoms with Gasteiger partial charge in [0.25, 0.3) is 0 Å². The number of rotatable bonds is 2. The topological polar surface area (TPSA) is 86.2 Å². The molecule has 0 saturated heterocycles. The average Bonchev–Trinajstić information content (AvgIpc) is 2.61. The van der Waals surface area contributed by atoms with Gasteiger partial charge in [0.2, 0.25) is 11.8 Å². The number of nitrogens with two attached hydrogens (primary N) is 2. The number of primary amides is 2. The molecule has 0 aromatic heterocycles. The Morgan fingerprint density at radius 3 is 2.12 bits per heavy atom. The Kier molecular flexibility index (Phi) is 3.44. The lowest BCUT2D eigenvalue weighted by atomic mass is 9.87. The smallest absolute Gasteiger partial charge is 0.249 e. The zero-order valence-electron chi connectivity index (χ0n) is 14.6. The van der Waals surface area contributed by atoms with Crippen molar-refractivity contribution >= 4 is 11.8 Å². The molecule has 1 aliphatic rings. The molecule has 0 spiro atoms. The fourth-order valence-electron chi connectivity index (χ4n) is 3.88. The quantitative estimate of drug-likeness (QED) is 0.580. The van der Waals surface area contributed by atoms with Crippen molar-refractivity contribution in [1.29, 1.82) is 0 Å². The summed E-state index contributed by atoms with van der Waals surface area (Å²) in [6, 6.07) is 15.3. The van der Waals surface area contributed by atoms with Crippen molar-refractivity contribution in [2.75, 3.05) is 0 Å². The summed E-state index contributed by atoms with van der Waals surface area (Å²) < 4.78 is 0. The first-order valence-corrected chi connectivity index (χ1v) is 8.38. The monoisotopic (exact) mass is 342 g/mol. The van der Waals surface area contributed by atoms with Crippen LogP contribution in [0.1, 0.15) is 31.8 Å². The van der Waals surface area contributed by atoms with Crippen LogP contribution < -0.4 is 11.5 Å². The van der Waals surface area contributed by atoms with E-state index in [1.807, 2.05) is 44.2 Å². The molecule has 6 bridgehead atoms. The largest absolute Gasteiger partial charge is 0.366 e. The highest BCUT2D eigenvalue weighted by Gasteiger charge is 2.25. The predicted molar refractivity (Wildman–Crippen MR) is 103 cm³/mol. The number of benzene rings is 3. The van der Waals surface area contributed by atoms with Gasteiger partial charge in [0.15, 0.2) is 0 Å². The number of amides is 2. The zero-order valence-corrected chi connectivity index (χ0v) is 14.6. The summed E-state index contributed by atoms with van der Waals surface area (Å²) in [5.74, 6) is -1.16. The number of fused-ring (bicyclic) bond motifs is 9. The summed E-state index contributed by atoms with van der Waals surface area (Å²) in [4.78, 5) is 24.5. The van der Waals surface area contributed by atoms with Crippen LogP contribution in [-0.4, -0.2) is 11.8 Å². The average molecular weight is 342 g/mol. The van der Waals surface area contributed by atoms with Gasteiger partial charge in [-0.1, -0.05) is 36.4 Å². The van der Waals surface area contributed by atoms with E-state index in [9.17, 15) is 9.59 Å². The first kappa shape index (κ1) is 16.1. The Labute approximate surface area is 151 Å². The summed E-state index contributed by atoms with van der Waals surface area (Å²) in [5, 5.41) is 0. The normalized spacial score (nSPS) is 11.3. The lowest BCUT2D eigenvalue weighted by molar-refractivity contribution is 0.0999. The van der Waals surface area contributed by atoms with Crippen LogP contribution in [0.15, 0.2) is 48.5 Å². The Hall–Kier alpha value is -3.40. The number of carbonyl (C=O) groups is 2. The van der Waals surface area contributed by atoms with Gasteiger partial charge in [-0.2, -0.15) is 0 Å². The van der Waals surface area contributed by atoms with Crippen molar-refractivity contribution in [3.05, 3.63) is 70.8 Å². The highest BCUT2D eigenvalue weighted by molar-refractivity contribution is 6.13. The molecule has 0 aliphatic heterocycles. The van der Waals surface area contributed by atoms with E-state index in [1.165, 1.54) is 0 Å². The van der Waals surface area contributed by atoms with Gasteiger partial charge in [-0.3, -0.25) is 9.59 Å². The number of carbonyl (C=O) groups excluding carboxylic acids is 2. The van der Waals surface area contributed by atoms with Crippen LogP contribution in [0, 0.1) is 13.8 Å². The molecule has 4 N–H and O–H groups in total. The van der Waals surface area contributed by atoms with Crippen molar-refractivity contribution in [1.82, 2.24) is 0 Å². The lowest BCUT2D eigenvalue weighted by Gasteiger charge is -2.16. The van der Waals surface area contributed by atoms with Gasteiger partial charge in [-0.25, -0.2) is 0 Å². The third-order valence-corrected chi connectivity index (χ3v) is 5.16. The molecular formula is C22H18N2O2. The number of hydrogen-bond donors (Lipinski definition) is 2. The molecule has 0 saturated carbocycles. The molecule has 1 aliphatic carbocycles. The summed E-state index contributed by atoms with van der Waals surface area (Å²) in [7, 11) is 0. The first-order valence-electron chi connectivity index (χ1n) is 8.38. The molecule has 3 aromatic rings. The molecule has 0 radical (unpaired) electrons. The maximum atomic E-state index is 12.4. The fraction of sp³-hybridized carbons (Fsp3) is 0.0909. The maximum Gasteiger partial charge on any atom is 0.249 e. The maximum absolute atomic E-state index is 12.4. The van der Waals surface area contributed by atoms with Gasteiger partial charge in [0.05, 0.1) is 5.56 Å². The van der Waals surface area contributed by atoms with Crippen LogP contribution in [0.25, 0.3) is 33.4 Å². The molecule has 4 nitrogen and oxygen atoms in total. The van der Waals surface area contributed by atoms with Gasteiger partial charge in [0, 0.05) is 11.1 Å². The van der Waals surface area contributed by atoms with Gasteiger partial charge in [0.1, 0.15) is 0 Å². The van der Waals surface area contributed by atoms with Gasteiger partial charge < -0.3 is 11.5 Å². The van der Waals surface area contributed by atoms with E-state index >= 15 is 0 Å². The Morgan fingerprint density at radius 1 is 0.769 bits per heavy atom. The van der Waals surface area contributed by atoms with Crippen LogP contribution >= 0.6 is 0 Å². The molecule has 3 aromatic carbocycles. The molecular weight excluding hydrogens is 324 g/mol. The molecule has 0 atom stereocenters. The van der Waals surface area contributed by atoms with Crippen LogP contribution in [0.3, 0.4) is 0 Å². The molecule has 0 unspecified atom stereocenters. The fourth-order valence-corrected chi connectivity index (χ4v) is 3.88. The summed E-state index contributed by atoms with van der Waals surface area (Å²) in [5.41, 5.74) is 19.2. The molecule has 128 valence electrons. The van der Waals surface area contributed by atoms with Crippen LogP contribution in [0.4, 0.5) is 0 Å². The molecule has 4 heteroatoms. The van der Waals surface area contributed by atoms with Crippen molar-refractivity contribution < 1.29 is 9.59 Å².